The predicted octanol–water partition coefficient (Wildman–Crippen LogP) is 4.36. The van der Waals surface area contributed by atoms with E-state index in [9.17, 15) is 0 Å². The number of aryl methyl sites for hydroxylation is 3. The molecular formula is C15H15N3S. The molecule has 2 aromatic heterocycles. The lowest BCUT2D eigenvalue weighted by atomic mass is 10.2. The third-order valence-corrected chi connectivity index (χ3v) is 4.28. The van der Waals surface area contributed by atoms with Crippen molar-refractivity contribution in [3.05, 3.63) is 46.6 Å². The minimum absolute atomic E-state index is 0.798. The van der Waals surface area contributed by atoms with Gasteiger partial charge >= 0.3 is 0 Å². The van der Waals surface area contributed by atoms with Gasteiger partial charge in [0.1, 0.15) is 16.5 Å². The minimum atomic E-state index is 0.798. The second-order valence-corrected chi connectivity index (χ2v) is 5.78. The van der Waals surface area contributed by atoms with Gasteiger partial charge in [0.05, 0.1) is 5.39 Å². The van der Waals surface area contributed by atoms with Crippen molar-refractivity contribution in [1.82, 2.24) is 9.97 Å². The van der Waals surface area contributed by atoms with E-state index in [1.165, 1.54) is 10.4 Å². The number of benzene rings is 1. The Balaban J connectivity index is 2.17. The second-order valence-electron chi connectivity index (χ2n) is 4.57. The largest absolute Gasteiger partial charge is 0.340 e. The van der Waals surface area contributed by atoms with Gasteiger partial charge in [-0.15, -0.1) is 11.3 Å². The van der Waals surface area contributed by atoms with Crippen LogP contribution in [0.25, 0.3) is 10.2 Å². The first-order valence-electron chi connectivity index (χ1n) is 6.21. The summed E-state index contributed by atoms with van der Waals surface area (Å²) in [5.74, 6) is 1.70. The standard InChI is InChI=1S/C15H15N3S/c1-9-10(2)19-15-13(9)14(16-11(3)17-15)18-12-7-5-4-6-8-12/h4-8H,1-3H3,(H,16,17,18). The quantitative estimate of drug-likeness (QED) is 0.751. The average molecular weight is 269 g/mol. The van der Waals surface area contributed by atoms with Crippen LogP contribution in [-0.4, -0.2) is 9.97 Å². The van der Waals surface area contributed by atoms with Crippen molar-refractivity contribution in [2.75, 3.05) is 5.32 Å². The van der Waals surface area contributed by atoms with Crippen LogP contribution in [0.3, 0.4) is 0 Å². The Hall–Kier alpha value is -1.94. The number of anilines is 2. The Morgan fingerprint density at radius 1 is 1.00 bits per heavy atom. The molecule has 3 aromatic rings. The number of nitrogens with one attached hydrogen (secondary N) is 1. The molecule has 96 valence electrons. The Morgan fingerprint density at radius 2 is 1.74 bits per heavy atom. The Bertz CT molecular complexity index is 732. The van der Waals surface area contributed by atoms with Crippen molar-refractivity contribution in [1.29, 1.82) is 0 Å². The van der Waals surface area contributed by atoms with Crippen molar-refractivity contribution in [2.45, 2.75) is 20.8 Å². The van der Waals surface area contributed by atoms with Gasteiger partial charge in [0, 0.05) is 10.6 Å². The van der Waals surface area contributed by atoms with Crippen LogP contribution >= 0.6 is 11.3 Å². The van der Waals surface area contributed by atoms with Crippen molar-refractivity contribution in [3.63, 3.8) is 0 Å². The molecule has 3 rings (SSSR count). The van der Waals surface area contributed by atoms with E-state index in [1.54, 1.807) is 11.3 Å². The second kappa shape index (κ2) is 4.63. The van der Waals surface area contributed by atoms with E-state index in [4.69, 9.17) is 0 Å². The molecule has 0 aliphatic rings. The van der Waals surface area contributed by atoms with Crippen LogP contribution in [0.1, 0.15) is 16.3 Å². The molecule has 0 spiro atoms. The summed E-state index contributed by atoms with van der Waals surface area (Å²) in [6.07, 6.45) is 0. The molecule has 0 aliphatic heterocycles. The minimum Gasteiger partial charge on any atom is -0.340 e. The molecule has 0 bridgehead atoms. The monoisotopic (exact) mass is 269 g/mol. The van der Waals surface area contributed by atoms with E-state index in [-0.39, 0.29) is 0 Å². The topological polar surface area (TPSA) is 37.8 Å². The number of fused-ring (bicyclic) bond motifs is 1. The van der Waals surface area contributed by atoms with E-state index in [2.05, 4.69) is 29.1 Å². The van der Waals surface area contributed by atoms with Crippen LogP contribution < -0.4 is 5.32 Å². The van der Waals surface area contributed by atoms with Gasteiger partial charge in [-0.25, -0.2) is 9.97 Å². The molecule has 0 fully saturated rings. The van der Waals surface area contributed by atoms with Crippen LogP contribution in [0.2, 0.25) is 0 Å². The van der Waals surface area contributed by atoms with Gasteiger partial charge in [-0.3, -0.25) is 0 Å². The highest BCUT2D eigenvalue weighted by Crippen LogP contribution is 2.34. The van der Waals surface area contributed by atoms with Crippen LogP contribution in [0.5, 0.6) is 0 Å². The summed E-state index contributed by atoms with van der Waals surface area (Å²) in [6, 6.07) is 10.1. The molecule has 0 saturated heterocycles. The Kier molecular flexibility index (Phi) is 2.95. The molecule has 1 aromatic carbocycles. The van der Waals surface area contributed by atoms with E-state index in [0.29, 0.717) is 0 Å². The van der Waals surface area contributed by atoms with Crippen LogP contribution in [0.4, 0.5) is 11.5 Å². The third kappa shape index (κ3) is 2.19. The van der Waals surface area contributed by atoms with E-state index < -0.39 is 0 Å². The van der Waals surface area contributed by atoms with Crippen molar-refractivity contribution in [2.24, 2.45) is 0 Å². The van der Waals surface area contributed by atoms with Crippen molar-refractivity contribution < 1.29 is 0 Å². The summed E-state index contributed by atoms with van der Waals surface area (Å²) in [5, 5.41) is 4.53. The van der Waals surface area contributed by atoms with Gasteiger partial charge in [-0.2, -0.15) is 0 Å². The number of rotatable bonds is 2. The number of nitrogens with zero attached hydrogens (tertiary/aromatic N) is 2. The lowest BCUT2D eigenvalue weighted by molar-refractivity contribution is 1.10. The fraction of sp³-hybridized carbons (Fsp3) is 0.200. The van der Waals surface area contributed by atoms with Gasteiger partial charge in [0.15, 0.2) is 0 Å². The van der Waals surface area contributed by atoms with Crippen molar-refractivity contribution >= 4 is 33.1 Å². The van der Waals surface area contributed by atoms with Crippen LogP contribution in [0.15, 0.2) is 30.3 Å². The zero-order chi connectivity index (χ0) is 13.4. The zero-order valence-electron chi connectivity index (χ0n) is 11.2. The maximum Gasteiger partial charge on any atom is 0.143 e. The maximum atomic E-state index is 4.56. The molecule has 1 N–H and O–H groups in total. The number of para-hydroxylation sites is 1. The maximum absolute atomic E-state index is 4.56. The molecule has 0 unspecified atom stereocenters. The number of hydrogen-bond acceptors (Lipinski definition) is 4. The fourth-order valence-corrected chi connectivity index (χ4v) is 3.18. The highest BCUT2D eigenvalue weighted by molar-refractivity contribution is 7.18. The first kappa shape index (κ1) is 12.1. The van der Waals surface area contributed by atoms with Crippen LogP contribution in [0, 0.1) is 20.8 Å². The molecule has 19 heavy (non-hydrogen) atoms. The van der Waals surface area contributed by atoms with Gasteiger partial charge < -0.3 is 5.32 Å². The van der Waals surface area contributed by atoms with E-state index in [0.717, 1.165) is 27.5 Å². The molecule has 0 aliphatic carbocycles. The summed E-state index contributed by atoms with van der Waals surface area (Å²) in [5.41, 5.74) is 2.31. The molecule has 0 amide bonds. The predicted molar refractivity (Wildman–Crippen MR) is 81.4 cm³/mol. The third-order valence-electron chi connectivity index (χ3n) is 3.18. The average Bonchev–Trinajstić information content (AvgIpc) is 2.66. The highest BCUT2D eigenvalue weighted by atomic mass is 32.1. The molecule has 2 heterocycles. The summed E-state index contributed by atoms with van der Waals surface area (Å²) in [4.78, 5) is 11.4. The Morgan fingerprint density at radius 3 is 2.47 bits per heavy atom. The molecule has 3 nitrogen and oxygen atoms in total. The van der Waals surface area contributed by atoms with Gasteiger partial charge in [0.2, 0.25) is 0 Å². The summed E-state index contributed by atoms with van der Waals surface area (Å²) in [7, 11) is 0. The lowest BCUT2D eigenvalue weighted by Crippen LogP contribution is -1.98. The summed E-state index contributed by atoms with van der Waals surface area (Å²) < 4.78 is 0. The van der Waals surface area contributed by atoms with E-state index in [1.807, 2.05) is 37.3 Å². The fourth-order valence-electron chi connectivity index (χ4n) is 2.10. The molecule has 0 atom stereocenters. The molecular weight excluding hydrogens is 254 g/mol. The highest BCUT2D eigenvalue weighted by Gasteiger charge is 2.13. The smallest absolute Gasteiger partial charge is 0.143 e. The SMILES string of the molecule is Cc1nc(Nc2ccccc2)c2c(C)c(C)sc2n1. The van der Waals surface area contributed by atoms with Gasteiger partial charge in [-0.05, 0) is 38.5 Å². The normalized spacial score (nSPS) is 10.9. The van der Waals surface area contributed by atoms with Crippen LogP contribution in [-0.2, 0) is 0 Å². The molecule has 4 heteroatoms. The first-order valence-corrected chi connectivity index (χ1v) is 7.03. The van der Waals surface area contributed by atoms with Gasteiger partial charge in [-0.1, -0.05) is 18.2 Å². The van der Waals surface area contributed by atoms with E-state index >= 15 is 0 Å². The molecule has 0 radical (unpaired) electrons. The number of aromatic nitrogens is 2. The molecule has 0 saturated carbocycles. The summed E-state index contributed by atoms with van der Waals surface area (Å²) in [6.45, 7) is 6.19. The number of hydrogen-bond donors (Lipinski definition) is 1. The zero-order valence-corrected chi connectivity index (χ0v) is 12.0. The summed E-state index contributed by atoms with van der Waals surface area (Å²) >= 11 is 1.73. The Labute approximate surface area is 116 Å². The number of thiophene rings is 1. The van der Waals surface area contributed by atoms with Crippen molar-refractivity contribution in [3.8, 4) is 0 Å². The lowest BCUT2D eigenvalue weighted by Gasteiger charge is -2.08. The first-order chi connectivity index (χ1) is 9.15. The van der Waals surface area contributed by atoms with Gasteiger partial charge in [0.25, 0.3) is 0 Å².